The number of nitrogens with zero attached hydrogens (tertiary/aromatic N) is 3. The predicted molar refractivity (Wildman–Crippen MR) is 63.1 cm³/mol. The van der Waals surface area contributed by atoms with Crippen LogP contribution in [0.4, 0.5) is 0 Å². The second kappa shape index (κ2) is 6.02. The van der Waals surface area contributed by atoms with Crippen molar-refractivity contribution in [3.63, 3.8) is 0 Å². The SMILES string of the molecule is Cc1c(C(=O)O)cccc1C(O)C(O)CN=[N+]=[N-]. The molecule has 1 aromatic carbocycles. The predicted octanol–water partition coefficient (Wildman–Crippen LogP) is 1.40. The van der Waals surface area contributed by atoms with Gasteiger partial charge in [0.25, 0.3) is 0 Å². The number of azide groups is 1. The van der Waals surface area contributed by atoms with E-state index in [0.717, 1.165) is 0 Å². The Morgan fingerprint density at radius 3 is 2.72 bits per heavy atom. The van der Waals surface area contributed by atoms with Crippen LogP contribution in [0.15, 0.2) is 23.3 Å². The molecule has 96 valence electrons. The smallest absolute Gasteiger partial charge is 0.335 e. The molecule has 0 aliphatic heterocycles. The van der Waals surface area contributed by atoms with E-state index >= 15 is 0 Å². The summed E-state index contributed by atoms with van der Waals surface area (Å²) < 4.78 is 0. The number of aliphatic hydroxyl groups excluding tert-OH is 2. The van der Waals surface area contributed by atoms with Gasteiger partial charge in [0.2, 0.25) is 0 Å². The molecule has 0 saturated heterocycles. The van der Waals surface area contributed by atoms with E-state index in [-0.39, 0.29) is 12.1 Å². The van der Waals surface area contributed by atoms with Crippen molar-refractivity contribution in [3.05, 3.63) is 45.3 Å². The Morgan fingerprint density at radius 1 is 1.50 bits per heavy atom. The van der Waals surface area contributed by atoms with E-state index in [4.69, 9.17) is 10.6 Å². The number of rotatable bonds is 5. The monoisotopic (exact) mass is 251 g/mol. The average Bonchev–Trinajstić information content (AvgIpc) is 2.35. The Labute approximate surface area is 103 Å². The third-order valence-corrected chi connectivity index (χ3v) is 2.62. The molecule has 7 nitrogen and oxygen atoms in total. The van der Waals surface area contributed by atoms with Crippen molar-refractivity contribution in [1.29, 1.82) is 0 Å². The molecular formula is C11H13N3O4. The fraction of sp³-hybridized carbons (Fsp3) is 0.364. The molecule has 18 heavy (non-hydrogen) atoms. The number of carbonyl (C=O) groups is 1. The zero-order valence-electron chi connectivity index (χ0n) is 9.69. The molecule has 1 rings (SSSR count). The van der Waals surface area contributed by atoms with Crippen LogP contribution in [0.2, 0.25) is 0 Å². The summed E-state index contributed by atoms with van der Waals surface area (Å²) in [6, 6.07) is 4.41. The molecule has 7 heteroatoms. The van der Waals surface area contributed by atoms with Crippen LogP contribution < -0.4 is 0 Å². The topological polar surface area (TPSA) is 127 Å². The van der Waals surface area contributed by atoms with Crippen LogP contribution in [0.25, 0.3) is 10.4 Å². The fourth-order valence-corrected chi connectivity index (χ4v) is 1.63. The molecule has 0 aromatic heterocycles. The van der Waals surface area contributed by atoms with E-state index in [1.807, 2.05) is 0 Å². The fourth-order valence-electron chi connectivity index (χ4n) is 1.63. The lowest BCUT2D eigenvalue weighted by Crippen LogP contribution is -2.22. The quantitative estimate of drug-likeness (QED) is 0.415. The number of aromatic carboxylic acids is 1. The minimum atomic E-state index is -1.30. The standard InChI is InChI=1S/C11H13N3O4/c1-6-7(3-2-4-8(6)11(17)18)10(16)9(15)5-13-14-12/h2-4,9-10,15-16H,5H2,1H3,(H,17,18). The minimum absolute atomic E-state index is 0.0579. The van der Waals surface area contributed by atoms with Crippen molar-refractivity contribution in [2.45, 2.75) is 19.1 Å². The molecule has 0 aliphatic rings. The molecule has 2 atom stereocenters. The van der Waals surface area contributed by atoms with Gasteiger partial charge >= 0.3 is 5.97 Å². The summed E-state index contributed by atoms with van der Waals surface area (Å²) in [5.74, 6) is -1.11. The normalized spacial score (nSPS) is 13.5. The highest BCUT2D eigenvalue weighted by Crippen LogP contribution is 2.23. The van der Waals surface area contributed by atoms with E-state index < -0.39 is 18.2 Å². The van der Waals surface area contributed by atoms with Crippen molar-refractivity contribution < 1.29 is 20.1 Å². The first-order valence-electron chi connectivity index (χ1n) is 5.18. The van der Waals surface area contributed by atoms with E-state index in [0.29, 0.717) is 11.1 Å². The van der Waals surface area contributed by atoms with Crippen LogP contribution >= 0.6 is 0 Å². The second-order valence-corrected chi connectivity index (χ2v) is 3.75. The summed E-state index contributed by atoms with van der Waals surface area (Å²) >= 11 is 0. The summed E-state index contributed by atoms with van der Waals surface area (Å²) in [6.07, 6.45) is -2.57. The van der Waals surface area contributed by atoms with Gasteiger partial charge in [-0.15, -0.1) is 0 Å². The van der Waals surface area contributed by atoms with Gasteiger partial charge in [0.15, 0.2) is 0 Å². The lowest BCUT2D eigenvalue weighted by molar-refractivity contribution is 0.0239. The van der Waals surface area contributed by atoms with Crippen molar-refractivity contribution in [3.8, 4) is 0 Å². The van der Waals surface area contributed by atoms with E-state index in [2.05, 4.69) is 10.0 Å². The van der Waals surface area contributed by atoms with Gasteiger partial charge in [0, 0.05) is 4.91 Å². The first kappa shape index (κ1) is 14.0. The third-order valence-electron chi connectivity index (χ3n) is 2.62. The highest BCUT2D eigenvalue weighted by molar-refractivity contribution is 5.89. The number of carboxylic acids is 1. The molecule has 0 bridgehead atoms. The first-order chi connectivity index (χ1) is 8.49. The van der Waals surface area contributed by atoms with Crippen molar-refractivity contribution in [1.82, 2.24) is 0 Å². The molecule has 0 amide bonds. The Morgan fingerprint density at radius 2 is 2.17 bits per heavy atom. The van der Waals surface area contributed by atoms with Crippen molar-refractivity contribution >= 4 is 5.97 Å². The molecule has 0 spiro atoms. The number of benzene rings is 1. The van der Waals surface area contributed by atoms with Crippen LogP contribution in [0, 0.1) is 6.92 Å². The molecule has 0 saturated carbocycles. The number of aliphatic hydroxyl groups is 2. The molecule has 0 radical (unpaired) electrons. The molecule has 3 N–H and O–H groups in total. The number of hydrogen-bond donors (Lipinski definition) is 3. The zero-order valence-corrected chi connectivity index (χ0v) is 9.69. The van der Waals surface area contributed by atoms with Gasteiger partial charge < -0.3 is 15.3 Å². The molecule has 0 fully saturated rings. The van der Waals surface area contributed by atoms with Crippen LogP contribution in [-0.4, -0.2) is 33.9 Å². The summed E-state index contributed by atoms with van der Waals surface area (Å²) in [4.78, 5) is 13.4. The van der Waals surface area contributed by atoms with Gasteiger partial charge in [-0.1, -0.05) is 17.2 Å². The maximum Gasteiger partial charge on any atom is 0.335 e. The number of hydrogen-bond acceptors (Lipinski definition) is 4. The van der Waals surface area contributed by atoms with E-state index in [1.54, 1.807) is 6.92 Å². The van der Waals surface area contributed by atoms with Gasteiger partial charge in [0.05, 0.1) is 18.2 Å². The van der Waals surface area contributed by atoms with Crippen LogP contribution in [0.1, 0.15) is 27.6 Å². The molecule has 0 heterocycles. The maximum atomic E-state index is 10.9. The lowest BCUT2D eigenvalue weighted by atomic mass is 9.95. The molecule has 0 aliphatic carbocycles. The van der Waals surface area contributed by atoms with Gasteiger partial charge in [-0.2, -0.15) is 0 Å². The van der Waals surface area contributed by atoms with E-state index in [1.165, 1.54) is 18.2 Å². The Hall–Kier alpha value is -2.08. The van der Waals surface area contributed by atoms with Crippen molar-refractivity contribution in [2.75, 3.05) is 6.54 Å². The molecule has 1 aromatic rings. The molecular weight excluding hydrogens is 238 g/mol. The number of carboxylic acid groups (broad SMARTS) is 1. The van der Waals surface area contributed by atoms with Crippen LogP contribution in [-0.2, 0) is 0 Å². The van der Waals surface area contributed by atoms with Gasteiger partial charge in [-0.05, 0) is 29.6 Å². The van der Waals surface area contributed by atoms with Crippen LogP contribution in [0.5, 0.6) is 0 Å². The van der Waals surface area contributed by atoms with Gasteiger partial charge in [0.1, 0.15) is 6.10 Å². The third kappa shape index (κ3) is 2.98. The Balaban J connectivity index is 3.05. The lowest BCUT2D eigenvalue weighted by Gasteiger charge is -2.19. The van der Waals surface area contributed by atoms with E-state index in [9.17, 15) is 15.0 Å². The second-order valence-electron chi connectivity index (χ2n) is 3.75. The maximum absolute atomic E-state index is 10.9. The highest BCUT2D eigenvalue weighted by atomic mass is 16.4. The van der Waals surface area contributed by atoms with Gasteiger partial charge in [-0.25, -0.2) is 4.79 Å². The summed E-state index contributed by atoms with van der Waals surface area (Å²) in [5.41, 5.74) is 8.86. The van der Waals surface area contributed by atoms with Gasteiger partial charge in [-0.3, -0.25) is 0 Å². The average molecular weight is 251 g/mol. The minimum Gasteiger partial charge on any atom is -0.478 e. The Bertz CT molecular complexity index is 497. The van der Waals surface area contributed by atoms with Crippen LogP contribution in [0.3, 0.4) is 0 Å². The summed E-state index contributed by atoms with van der Waals surface area (Å²) in [6.45, 7) is 1.26. The van der Waals surface area contributed by atoms with Crippen molar-refractivity contribution in [2.24, 2.45) is 5.11 Å². The summed E-state index contributed by atoms with van der Waals surface area (Å²) in [7, 11) is 0. The first-order valence-corrected chi connectivity index (χ1v) is 5.18. The zero-order chi connectivity index (χ0) is 13.7. The Kier molecular flexibility index (Phi) is 4.67. The molecule has 2 unspecified atom stereocenters. The summed E-state index contributed by atoms with van der Waals surface area (Å²) in [5, 5.41) is 31.6. The highest BCUT2D eigenvalue weighted by Gasteiger charge is 2.21. The largest absolute Gasteiger partial charge is 0.478 e.